The zero-order valence-electron chi connectivity index (χ0n) is 15.2. The largest absolute Gasteiger partial charge is 0.697 e. The number of hydrogen-bond acceptors (Lipinski definition) is 10. The molecule has 2 aliphatic carbocycles. The van der Waals surface area contributed by atoms with Crippen molar-refractivity contribution in [3.05, 3.63) is 0 Å². The van der Waals surface area contributed by atoms with Crippen molar-refractivity contribution in [1.29, 1.82) is 0 Å². The summed E-state index contributed by atoms with van der Waals surface area (Å²) in [5.41, 5.74) is 9.79. The van der Waals surface area contributed by atoms with Crippen LogP contribution in [-0.4, -0.2) is 72.6 Å². The maximum atomic E-state index is 12.5. The summed E-state index contributed by atoms with van der Waals surface area (Å²) in [6, 6.07) is -0.605. The van der Waals surface area contributed by atoms with Crippen molar-refractivity contribution < 1.29 is 42.0 Å². The monoisotopic (exact) mass is 453 g/mol. The Labute approximate surface area is 167 Å². The zero-order chi connectivity index (χ0) is 20.8. The summed E-state index contributed by atoms with van der Waals surface area (Å²) >= 11 is 0. The molecule has 2 aliphatic heterocycles. The van der Waals surface area contributed by atoms with Gasteiger partial charge in [-0.1, -0.05) is 0 Å². The number of aliphatic hydroxyl groups is 1. The average molecular weight is 453 g/mol. The molecule has 4 fully saturated rings. The van der Waals surface area contributed by atoms with Gasteiger partial charge < -0.3 is 26.2 Å². The van der Waals surface area contributed by atoms with Gasteiger partial charge in [-0.15, -0.1) is 9.05 Å². The summed E-state index contributed by atoms with van der Waals surface area (Å²) in [5.74, 6) is -0.217. The highest BCUT2D eigenvalue weighted by atomic mass is 31.2. The third-order valence-corrected chi connectivity index (χ3v) is 7.54. The van der Waals surface area contributed by atoms with Crippen LogP contribution in [-0.2, 0) is 32.0 Å². The van der Waals surface area contributed by atoms with E-state index in [-0.39, 0.29) is 25.6 Å². The number of hydrogen-bond donors (Lipinski definition) is 4. The van der Waals surface area contributed by atoms with Gasteiger partial charge in [0.2, 0.25) is 0 Å². The molecule has 13 nitrogen and oxygen atoms in total. The molecule has 2 bridgehead atoms. The minimum Gasteiger partial charge on any atom is -0.390 e. The molecule has 0 aromatic heterocycles. The van der Waals surface area contributed by atoms with Gasteiger partial charge in [0.1, 0.15) is 18.8 Å². The van der Waals surface area contributed by atoms with Crippen LogP contribution in [0.3, 0.4) is 0 Å². The number of rotatable bonds is 2. The Hall–Kier alpha value is -1.01. The van der Waals surface area contributed by atoms with E-state index in [4.69, 9.17) is 34.3 Å². The van der Waals surface area contributed by atoms with Crippen LogP contribution in [0.5, 0.6) is 0 Å². The van der Waals surface area contributed by atoms with Gasteiger partial charge in [0.05, 0.1) is 31.4 Å². The van der Waals surface area contributed by atoms with E-state index in [0.29, 0.717) is 6.42 Å². The molecule has 2 heterocycles. The van der Waals surface area contributed by atoms with Crippen molar-refractivity contribution in [2.45, 2.75) is 49.5 Å². The Kier molecular flexibility index (Phi) is 5.80. The van der Waals surface area contributed by atoms with Crippen molar-refractivity contribution in [3.63, 3.8) is 0 Å². The molecule has 29 heavy (non-hydrogen) atoms. The van der Waals surface area contributed by atoms with E-state index in [1.54, 1.807) is 0 Å². The maximum absolute atomic E-state index is 12.5. The predicted molar refractivity (Wildman–Crippen MR) is 98.1 cm³/mol. The smallest absolute Gasteiger partial charge is 0.390 e. The standard InChI is InChI=1S/C14H22N4O9P2/c15-5-17-10-8-2-14(8)4-24-29(21,22)27-9-1-7(25-13(9)18-6-16)3-23-28(20)26-12(14)11(10)19/h5-13,19H,1-4H2,(H4-,15,16,17,18,21,22)/p+1/t7-,8+,9+,10+,11-,12-,13+,14?/m0/s1. The Bertz CT molecular complexity index is 769. The number of phosphoric acid groups is 1. The van der Waals surface area contributed by atoms with Crippen LogP contribution in [0.4, 0.5) is 0 Å². The average Bonchev–Trinajstić information content (AvgIpc) is 3.21. The molecule has 4 aliphatic rings. The predicted octanol–water partition coefficient (Wildman–Crippen LogP) is -0.600. The lowest BCUT2D eigenvalue weighted by atomic mass is 10.0. The van der Waals surface area contributed by atoms with Crippen LogP contribution in [0, 0.1) is 11.3 Å². The first-order valence-electron chi connectivity index (χ1n) is 9.02. The zero-order valence-corrected chi connectivity index (χ0v) is 17.0. The highest BCUT2D eigenvalue weighted by molar-refractivity contribution is 7.47. The van der Waals surface area contributed by atoms with Gasteiger partial charge in [-0.2, -0.15) is 0 Å². The van der Waals surface area contributed by atoms with Crippen LogP contribution >= 0.6 is 16.1 Å². The van der Waals surface area contributed by atoms with E-state index >= 15 is 0 Å². The molecule has 3 unspecified atom stereocenters. The summed E-state index contributed by atoms with van der Waals surface area (Å²) in [5, 5.41) is 10.6. The normalized spacial score (nSPS) is 51.9. The highest BCUT2D eigenvalue weighted by Crippen LogP contribution is 2.68. The number of ether oxygens (including phenoxy) is 1. The highest BCUT2D eigenvalue weighted by Gasteiger charge is 2.74. The summed E-state index contributed by atoms with van der Waals surface area (Å²) in [6.07, 6.45) is -1.87. The van der Waals surface area contributed by atoms with E-state index in [0.717, 1.165) is 12.7 Å². The lowest BCUT2D eigenvalue weighted by Crippen LogP contribution is -2.38. The van der Waals surface area contributed by atoms with E-state index in [1.807, 2.05) is 0 Å². The van der Waals surface area contributed by atoms with Gasteiger partial charge in [0, 0.05) is 16.4 Å². The first-order chi connectivity index (χ1) is 13.8. The first-order valence-corrected chi connectivity index (χ1v) is 11.6. The Morgan fingerprint density at radius 3 is 2.76 bits per heavy atom. The SMILES string of the molecule is NC=N[C@H]1[C@H](O)[C@@H]2O[P+](=O)OC[C@@H]3C[C@@H](OP(=O)(O)OCC24C[C@H]14)[C@H](N=CN)O3. The number of phosphoric ester groups is 1. The van der Waals surface area contributed by atoms with Gasteiger partial charge in [-0.3, -0.25) is 14.0 Å². The molecule has 4 rings (SSSR count). The second kappa shape index (κ2) is 7.92. The molecule has 0 amide bonds. The molecule has 0 radical (unpaired) electrons. The summed E-state index contributed by atoms with van der Waals surface area (Å²) in [7, 11) is -7.11. The van der Waals surface area contributed by atoms with Crippen LogP contribution in [0.1, 0.15) is 12.8 Å². The number of nitrogens with two attached hydrogens (primary N) is 2. The Balaban J connectivity index is 1.58. The molecular weight excluding hydrogens is 430 g/mol. The van der Waals surface area contributed by atoms with Crippen molar-refractivity contribution in [2.24, 2.45) is 32.8 Å². The van der Waals surface area contributed by atoms with Crippen LogP contribution < -0.4 is 11.5 Å². The van der Waals surface area contributed by atoms with Crippen molar-refractivity contribution in [2.75, 3.05) is 13.2 Å². The van der Waals surface area contributed by atoms with Gasteiger partial charge in [0.25, 0.3) is 0 Å². The third kappa shape index (κ3) is 3.99. The number of aliphatic hydroxyl groups excluding tert-OH is 1. The Morgan fingerprint density at radius 1 is 1.28 bits per heavy atom. The molecule has 15 heteroatoms. The first kappa shape index (κ1) is 21.2. The Morgan fingerprint density at radius 2 is 2.03 bits per heavy atom. The molecule has 2 saturated heterocycles. The van der Waals surface area contributed by atoms with Crippen molar-refractivity contribution in [1.82, 2.24) is 0 Å². The molecule has 1 spiro atoms. The van der Waals surface area contributed by atoms with E-state index in [1.165, 1.54) is 0 Å². The van der Waals surface area contributed by atoms with Crippen molar-refractivity contribution >= 4 is 28.8 Å². The summed E-state index contributed by atoms with van der Waals surface area (Å²) in [4.78, 5) is 18.1. The van der Waals surface area contributed by atoms with Crippen molar-refractivity contribution in [3.8, 4) is 0 Å². The third-order valence-electron chi connectivity index (χ3n) is 5.78. The lowest BCUT2D eigenvalue weighted by Gasteiger charge is -2.24. The molecule has 0 aromatic carbocycles. The van der Waals surface area contributed by atoms with E-state index in [9.17, 15) is 19.1 Å². The number of nitrogens with zero attached hydrogens (tertiary/aromatic N) is 2. The summed E-state index contributed by atoms with van der Waals surface area (Å²) in [6.45, 7) is -0.402. The van der Waals surface area contributed by atoms with Gasteiger partial charge in [-0.25, -0.2) is 9.56 Å². The lowest BCUT2D eigenvalue weighted by molar-refractivity contribution is -0.0309. The summed E-state index contributed by atoms with van der Waals surface area (Å²) < 4.78 is 51.7. The number of fused-ring (bicyclic) bond motifs is 2. The molecule has 2 saturated carbocycles. The van der Waals surface area contributed by atoms with E-state index < -0.39 is 58.2 Å². The van der Waals surface area contributed by atoms with Gasteiger partial charge in [0.15, 0.2) is 12.3 Å². The fourth-order valence-electron chi connectivity index (χ4n) is 4.41. The molecule has 162 valence electrons. The fraction of sp³-hybridized carbons (Fsp3) is 0.857. The fourth-order valence-corrected chi connectivity index (χ4v) is 6.27. The molecular formula is C14H23N4O9P2+. The van der Waals surface area contributed by atoms with Crippen LogP contribution in [0.2, 0.25) is 0 Å². The van der Waals surface area contributed by atoms with Gasteiger partial charge >= 0.3 is 16.1 Å². The minimum atomic E-state index is -4.50. The van der Waals surface area contributed by atoms with Crippen LogP contribution in [0.15, 0.2) is 9.98 Å². The molecule has 6 N–H and O–H groups in total. The second-order valence-corrected chi connectivity index (χ2v) is 9.76. The minimum absolute atomic E-state index is 0.133. The second-order valence-electron chi connectivity index (χ2n) is 7.44. The molecule has 0 aromatic rings. The van der Waals surface area contributed by atoms with Gasteiger partial charge in [-0.05, 0) is 12.3 Å². The van der Waals surface area contributed by atoms with E-state index in [2.05, 4.69) is 9.98 Å². The van der Waals surface area contributed by atoms with Crippen LogP contribution in [0.25, 0.3) is 0 Å². The number of aliphatic imine (C=N–C) groups is 2. The topological polar surface area (TPSA) is 198 Å². The quantitative estimate of drug-likeness (QED) is 0.237. The molecule has 10 atom stereocenters. The maximum Gasteiger partial charge on any atom is 0.697 e.